The van der Waals surface area contributed by atoms with E-state index in [1.54, 1.807) is 6.07 Å². The molecule has 6 heteroatoms. The molecule has 1 aromatic carbocycles. The Labute approximate surface area is 123 Å². The molecule has 2 rings (SSSR count). The average Bonchev–Trinajstić information content (AvgIpc) is 2.42. The lowest BCUT2D eigenvalue weighted by Gasteiger charge is -2.39. The number of hydrogen-bond acceptors (Lipinski definition) is 3. The van der Waals surface area contributed by atoms with Crippen molar-refractivity contribution in [1.82, 2.24) is 9.80 Å². The summed E-state index contributed by atoms with van der Waals surface area (Å²) in [6.07, 6.45) is -3.84. The van der Waals surface area contributed by atoms with Gasteiger partial charge in [0.05, 0.1) is 5.56 Å². The van der Waals surface area contributed by atoms with Gasteiger partial charge in [0, 0.05) is 31.7 Å². The Morgan fingerprint density at radius 1 is 1.24 bits per heavy atom. The molecule has 0 radical (unpaired) electrons. The Hall–Kier alpha value is -1.11. The Kier molecular flexibility index (Phi) is 4.91. The van der Waals surface area contributed by atoms with Crippen molar-refractivity contribution in [2.45, 2.75) is 24.7 Å². The third-order valence-electron chi connectivity index (χ3n) is 4.17. The Morgan fingerprint density at radius 2 is 1.90 bits per heavy atom. The minimum atomic E-state index is -4.36. The number of piperazine rings is 1. The second-order valence-electron chi connectivity index (χ2n) is 5.82. The lowest BCUT2D eigenvalue weighted by molar-refractivity contribution is -0.138. The van der Waals surface area contributed by atoms with Crippen LogP contribution in [0.2, 0.25) is 0 Å². The molecule has 1 fully saturated rings. The molecule has 21 heavy (non-hydrogen) atoms. The highest BCUT2D eigenvalue weighted by Gasteiger charge is 2.35. The summed E-state index contributed by atoms with van der Waals surface area (Å²) in [5, 5.41) is 0. The molecule has 1 aliphatic heterocycles. The van der Waals surface area contributed by atoms with Gasteiger partial charge in [0.25, 0.3) is 0 Å². The first-order valence-corrected chi connectivity index (χ1v) is 7.09. The predicted molar refractivity (Wildman–Crippen MR) is 76.9 cm³/mol. The quantitative estimate of drug-likeness (QED) is 0.930. The monoisotopic (exact) mass is 301 g/mol. The largest absolute Gasteiger partial charge is 0.416 e. The fourth-order valence-corrected chi connectivity index (χ4v) is 2.85. The standard InChI is InChI=1S/C15H22F3N3/c1-20-7-8-21(2)11(10-20)9-14(19)12-5-3-4-6-13(12)15(16,17)18/h3-6,11,14H,7-10,19H2,1-2H3. The Morgan fingerprint density at radius 3 is 2.57 bits per heavy atom. The zero-order valence-electron chi connectivity index (χ0n) is 12.4. The molecule has 2 atom stereocenters. The van der Waals surface area contributed by atoms with Crippen molar-refractivity contribution >= 4 is 0 Å². The molecule has 3 nitrogen and oxygen atoms in total. The van der Waals surface area contributed by atoms with Crippen molar-refractivity contribution in [3.05, 3.63) is 35.4 Å². The third kappa shape index (κ3) is 3.96. The summed E-state index contributed by atoms with van der Waals surface area (Å²) in [5.74, 6) is 0. The van der Waals surface area contributed by atoms with Gasteiger partial charge >= 0.3 is 6.18 Å². The molecule has 1 aromatic rings. The molecule has 118 valence electrons. The summed E-state index contributed by atoms with van der Waals surface area (Å²) in [4.78, 5) is 4.36. The van der Waals surface area contributed by atoms with Crippen LogP contribution in [0.5, 0.6) is 0 Å². The van der Waals surface area contributed by atoms with E-state index in [0.29, 0.717) is 6.42 Å². The number of rotatable bonds is 3. The van der Waals surface area contributed by atoms with E-state index in [0.717, 1.165) is 25.7 Å². The predicted octanol–water partition coefficient (Wildman–Crippen LogP) is 2.34. The minimum absolute atomic E-state index is 0.181. The highest BCUT2D eigenvalue weighted by Crippen LogP contribution is 2.35. The van der Waals surface area contributed by atoms with Gasteiger partial charge in [0.15, 0.2) is 0 Å². The molecule has 0 bridgehead atoms. The maximum absolute atomic E-state index is 13.1. The molecule has 0 spiro atoms. The van der Waals surface area contributed by atoms with Crippen LogP contribution in [0.1, 0.15) is 23.6 Å². The molecule has 1 aliphatic rings. The number of halogens is 3. The maximum atomic E-state index is 13.1. The Bertz CT molecular complexity index is 475. The van der Waals surface area contributed by atoms with Gasteiger partial charge in [-0.1, -0.05) is 18.2 Å². The molecular formula is C15H22F3N3. The second kappa shape index (κ2) is 6.34. The van der Waals surface area contributed by atoms with E-state index in [2.05, 4.69) is 9.80 Å². The number of benzene rings is 1. The van der Waals surface area contributed by atoms with Gasteiger partial charge in [0.2, 0.25) is 0 Å². The van der Waals surface area contributed by atoms with Crippen molar-refractivity contribution < 1.29 is 13.2 Å². The smallest absolute Gasteiger partial charge is 0.324 e. The Balaban J connectivity index is 2.15. The van der Waals surface area contributed by atoms with E-state index >= 15 is 0 Å². The summed E-state index contributed by atoms with van der Waals surface area (Å²) >= 11 is 0. The van der Waals surface area contributed by atoms with Crippen molar-refractivity contribution in [2.24, 2.45) is 5.73 Å². The third-order valence-corrected chi connectivity index (χ3v) is 4.17. The van der Waals surface area contributed by atoms with Crippen LogP contribution in [0, 0.1) is 0 Å². The van der Waals surface area contributed by atoms with Gasteiger partial charge in [-0.15, -0.1) is 0 Å². The zero-order chi connectivity index (χ0) is 15.6. The zero-order valence-corrected chi connectivity index (χ0v) is 12.4. The van der Waals surface area contributed by atoms with Crippen molar-refractivity contribution in [1.29, 1.82) is 0 Å². The second-order valence-corrected chi connectivity index (χ2v) is 5.82. The van der Waals surface area contributed by atoms with Crippen LogP contribution in [0.3, 0.4) is 0 Å². The number of nitrogens with zero attached hydrogens (tertiary/aromatic N) is 2. The van der Waals surface area contributed by atoms with E-state index in [-0.39, 0.29) is 11.6 Å². The van der Waals surface area contributed by atoms with Crippen LogP contribution < -0.4 is 5.73 Å². The number of hydrogen-bond donors (Lipinski definition) is 1. The molecule has 0 aliphatic carbocycles. The summed E-state index contributed by atoms with van der Waals surface area (Å²) in [6.45, 7) is 2.72. The average molecular weight is 301 g/mol. The van der Waals surface area contributed by atoms with Crippen LogP contribution in [0.4, 0.5) is 13.2 Å². The van der Waals surface area contributed by atoms with E-state index in [9.17, 15) is 13.2 Å². The van der Waals surface area contributed by atoms with Crippen LogP contribution in [0.15, 0.2) is 24.3 Å². The van der Waals surface area contributed by atoms with E-state index in [4.69, 9.17) is 5.73 Å². The molecule has 0 amide bonds. The van der Waals surface area contributed by atoms with Crippen LogP contribution in [-0.4, -0.2) is 49.6 Å². The van der Waals surface area contributed by atoms with Crippen LogP contribution in [-0.2, 0) is 6.18 Å². The summed E-state index contributed by atoms with van der Waals surface area (Å²) in [7, 11) is 4.02. The van der Waals surface area contributed by atoms with E-state index < -0.39 is 17.8 Å². The van der Waals surface area contributed by atoms with Crippen molar-refractivity contribution in [3.8, 4) is 0 Å². The molecular weight excluding hydrogens is 279 g/mol. The molecule has 0 saturated carbocycles. The summed E-state index contributed by atoms with van der Waals surface area (Å²) < 4.78 is 39.2. The van der Waals surface area contributed by atoms with Crippen molar-refractivity contribution in [2.75, 3.05) is 33.7 Å². The maximum Gasteiger partial charge on any atom is 0.416 e. The molecule has 1 saturated heterocycles. The summed E-state index contributed by atoms with van der Waals surface area (Å²) in [6, 6.07) is 5.17. The number of likely N-dealkylation sites (N-methyl/N-ethyl adjacent to an activating group) is 2. The first kappa shape index (κ1) is 16.3. The lowest BCUT2D eigenvalue weighted by Crippen LogP contribution is -2.50. The first-order chi connectivity index (χ1) is 9.79. The van der Waals surface area contributed by atoms with Gasteiger partial charge in [-0.25, -0.2) is 0 Å². The van der Waals surface area contributed by atoms with E-state index in [1.165, 1.54) is 12.1 Å². The van der Waals surface area contributed by atoms with Gasteiger partial charge in [0.1, 0.15) is 0 Å². The molecule has 2 N–H and O–H groups in total. The fraction of sp³-hybridized carbons (Fsp3) is 0.600. The van der Waals surface area contributed by atoms with Crippen molar-refractivity contribution in [3.63, 3.8) is 0 Å². The minimum Gasteiger partial charge on any atom is -0.324 e. The van der Waals surface area contributed by atoms with E-state index in [1.807, 2.05) is 14.1 Å². The van der Waals surface area contributed by atoms with Crippen LogP contribution in [0.25, 0.3) is 0 Å². The molecule has 1 heterocycles. The highest BCUT2D eigenvalue weighted by atomic mass is 19.4. The van der Waals surface area contributed by atoms with Gasteiger partial charge in [-0.2, -0.15) is 13.2 Å². The molecule has 0 aromatic heterocycles. The SMILES string of the molecule is CN1CCN(C)C(CC(N)c2ccccc2C(F)(F)F)C1. The van der Waals surface area contributed by atoms with Gasteiger partial charge in [-0.3, -0.25) is 0 Å². The molecule has 2 unspecified atom stereocenters. The normalized spacial score (nSPS) is 23.2. The lowest BCUT2D eigenvalue weighted by atomic mass is 9.94. The van der Waals surface area contributed by atoms with Crippen LogP contribution >= 0.6 is 0 Å². The highest BCUT2D eigenvalue weighted by molar-refractivity contribution is 5.32. The summed E-state index contributed by atoms with van der Waals surface area (Å²) in [5.41, 5.74) is 5.65. The number of nitrogens with two attached hydrogens (primary N) is 1. The van der Waals surface area contributed by atoms with Gasteiger partial charge < -0.3 is 15.5 Å². The fourth-order valence-electron chi connectivity index (χ4n) is 2.85. The first-order valence-electron chi connectivity index (χ1n) is 7.09. The van der Waals surface area contributed by atoms with Gasteiger partial charge in [-0.05, 0) is 32.1 Å². The topological polar surface area (TPSA) is 32.5 Å². The number of alkyl halides is 3.